The summed E-state index contributed by atoms with van der Waals surface area (Å²) in [7, 11) is 0. The van der Waals surface area contributed by atoms with Crippen LogP contribution in [-0.2, 0) is 16.0 Å². The van der Waals surface area contributed by atoms with Gasteiger partial charge in [-0.05, 0) is 25.8 Å². The minimum Gasteiger partial charge on any atom is -0.345 e. The molecule has 0 saturated carbocycles. The molecule has 0 aliphatic heterocycles. The van der Waals surface area contributed by atoms with Crippen molar-refractivity contribution in [1.29, 1.82) is 0 Å². The molecule has 6 heteroatoms. The van der Waals surface area contributed by atoms with Gasteiger partial charge in [-0.25, -0.2) is 4.98 Å². The summed E-state index contributed by atoms with van der Waals surface area (Å²) in [5.74, 6) is 0.0900. The third kappa shape index (κ3) is 5.27. The molecule has 1 N–H and O–H groups in total. The van der Waals surface area contributed by atoms with Gasteiger partial charge in [-0.1, -0.05) is 42.1 Å². The molecular weight excluding hydrogens is 316 g/mol. The van der Waals surface area contributed by atoms with E-state index in [1.807, 2.05) is 42.6 Å². The molecule has 1 atom stereocenters. The minimum atomic E-state index is -0.478. The fourth-order valence-electron chi connectivity index (χ4n) is 1.91. The maximum atomic E-state index is 12.0. The molecule has 1 amide bonds. The highest BCUT2D eigenvalue weighted by molar-refractivity contribution is 8.01. The molecule has 0 aliphatic carbocycles. The second-order valence-electron chi connectivity index (χ2n) is 4.96. The van der Waals surface area contributed by atoms with E-state index in [0.29, 0.717) is 6.42 Å². The van der Waals surface area contributed by atoms with Crippen LogP contribution in [0.25, 0.3) is 0 Å². The molecule has 0 spiro atoms. The lowest BCUT2D eigenvalue weighted by Crippen LogP contribution is -2.42. The number of aromatic nitrogens is 1. The molecule has 0 bridgehead atoms. The van der Waals surface area contributed by atoms with E-state index in [0.717, 1.165) is 15.6 Å². The number of nitrogens with zero attached hydrogens (tertiary/aromatic N) is 1. The Labute approximate surface area is 138 Å². The van der Waals surface area contributed by atoms with Crippen LogP contribution >= 0.6 is 23.1 Å². The first-order valence-electron chi connectivity index (χ1n) is 6.93. The Kier molecular flexibility index (Phi) is 6.15. The van der Waals surface area contributed by atoms with Gasteiger partial charge in [0, 0.05) is 11.1 Å². The molecule has 2 aromatic rings. The van der Waals surface area contributed by atoms with Gasteiger partial charge in [0.1, 0.15) is 0 Å². The molecule has 0 radical (unpaired) electrons. The molecule has 1 aromatic carbocycles. The van der Waals surface area contributed by atoms with Gasteiger partial charge in [-0.3, -0.25) is 9.59 Å². The number of hydrogen-bond acceptors (Lipinski definition) is 5. The van der Waals surface area contributed by atoms with Crippen LogP contribution < -0.4 is 5.32 Å². The van der Waals surface area contributed by atoms with Crippen LogP contribution in [0.5, 0.6) is 0 Å². The third-order valence-corrected chi connectivity index (χ3v) is 5.17. The fraction of sp³-hybridized carbons (Fsp3) is 0.312. The smallest absolute Gasteiger partial charge is 0.231 e. The normalized spacial score (nSPS) is 11.9. The van der Waals surface area contributed by atoms with Crippen LogP contribution in [0.2, 0.25) is 0 Å². The van der Waals surface area contributed by atoms with Gasteiger partial charge in [0.15, 0.2) is 10.1 Å². The molecule has 22 heavy (non-hydrogen) atoms. The zero-order valence-corrected chi connectivity index (χ0v) is 14.2. The molecule has 116 valence electrons. The highest BCUT2D eigenvalue weighted by Gasteiger charge is 2.17. The van der Waals surface area contributed by atoms with E-state index >= 15 is 0 Å². The summed E-state index contributed by atoms with van der Waals surface area (Å²) in [6.07, 6.45) is 0.517. The summed E-state index contributed by atoms with van der Waals surface area (Å²) in [5, 5.41) is 4.76. The van der Waals surface area contributed by atoms with Crippen LogP contribution in [-0.4, -0.2) is 28.5 Å². The number of benzene rings is 1. The van der Waals surface area contributed by atoms with Crippen LogP contribution in [0.3, 0.4) is 0 Å². The SMILES string of the molecule is CC(=O)C(Cc1ccccc1)NC(=O)CSc1nc(C)cs1. The molecule has 1 heterocycles. The second kappa shape index (κ2) is 8.10. The average Bonchev–Trinajstić information content (AvgIpc) is 2.91. The number of aryl methyl sites for hydroxylation is 1. The van der Waals surface area contributed by atoms with E-state index in [2.05, 4.69) is 10.3 Å². The van der Waals surface area contributed by atoms with E-state index in [-0.39, 0.29) is 17.4 Å². The van der Waals surface area contributed by atoms with Crippen molar-refractivity contribution in [3.05, 3.63) is 47.0 Å². The number of ketones is 1. The Balaban J connectivity index is 1.87. The lowest BCUT2D eigenvalue weighted by molar-refractivity contribution is -0.125. The van der Waals surface area contributed by atoms with Gasteiger partial charge >= 0.3 is 0 Å². The molecule has 0 aliphatic rings. The number of rotatable bonds is 7. The van der Waals surface area contributed by atoms with Crippen molar-refractivity contribution < 1.29 is 9.59 Å². The zero-order chi connectivity index (χ0) is 15.9. The maximum absolute atomic E-state index is 12.0. The standard InChI is InChI=1S/C16H18N2O2S2/c1-11-9-21-16(17-11)22-10-15(20)18-14(12(2)19)8-13-6-4-3-5-7-13/h3-7,9,14H,8,10H2,1-2H3,(H,18,20). The second-order valence-corrected chi connectivity index (χ2v) is 7.04. The zero-order valence-electron chi connectivity index (χ0n) is 12.5. The van der Waals surface area contributed by atoms with Gasteiger partial charge in [-0.2, -0.15) is 0 Å². The Bertz CT molecular complexity index is 641. The van der Waals surface area contributed by atoms with E-state index in [9.17, 15) is 9.59 Å². The molecule has 0 fully saturated rings. The van der Waals surface area contributed by atoms with E-state index < -0.39 is 6.04 Å². The maximum Gasteiger partial charge on any atom is 0.231 e. The molecule has 0 saturated heterocycles. The number of Topliss-reactive ketones (excluding diaryl/α,β-unsaturated/α-hetero) is 1. The number of carbonyl (C=O) groups excluding carboxylic acids is 2. The molecule has 1 aromatic heterocycles. The number of carbonyl (C=O) groups is 2. The van der Waals surface area contributed by atoms with Crippen molar-refractivity contribution >= 4 is 34.8 Å². The predicted octanol–water partition coefficient (Wildman–Crippen LogP) is 2.86. The van der Waals surface area contributed by atoms with Crippen molar-refractivity contribution in [1.82, 2.24) is 10.3 Å². The van der Waals surface area contributed by atoms with Gasteiger partial charge in [0.25, 0.3) is 0 Å². The highest BCUT2D eigenvalue weighted by atomic mass is 32.2. The fourth-order valence-corrected chi connectivity index (χ4v) is 3.57. The monoisotopic (exact) mass is 334 g/mol. The minimum absolute atomic E-state index is 0.0349. The summed E-state index contributed by atoms with van der Waals surface area (Å²) < 4.78 is 0.870. The molecule has 1 unspecified atom stereocenters. The largest absolute Gasteiger partial charge is 0.345 e. The summed E-state index contributed by atoms with van der Waals surface area (Å²) in [4.78, 5) is 28.0. The van der Waals surface area contributed by atoms with Crippen molar-refractivity contribution in [3.63, 3.8) is 0 Å². The first kappa shape index (κ1) is 16.7. The van der Waals surface area contributed by atoms with Crippen LogP contribution in [0.1, 0.15) is 18.2 Å². The molecular formula is C16H18N2O2S2. The van der Waals surface area contributed by atoms with Crippen molar-refractivity contribution in [3.8, 4) is 0 Å². The Morgan fingerprint density at radius 3 is 2.64 bits per heavy atom. The van der Waals surface area contributed by atoms with Crippen LogP contribution in [0, 0.1) is 6.92 Å². The molecule has 4 nitrogen and oxygen atoms in total. The van der Waals surface area contributed by atoms with Crippen molar-refractivity contribution in [2.45, 2.75) is 30.6 Å². The Hall–Kier alpha value is -1.66. The first-order chi connectivity index (χ1) is 10.5. The van der Waals surface area contributed by atoms with Crippen molar-refractivity contribution in [2.24, 2.45) is 0 Å². The highest BCUT2D eigenvalue weighted by Crippen LogP contribution is 2.21. The van der Waals surface area contributed by atoms with E-state index in [1.54, 1.807) is 0 Å². The third-order valence-electron chi connectivity index (χ3n) is 3.03. The quantitative estimate of drug-likeness (QED) is 0.791. The lowest BCUT2D eigenvalue weighted by atomic mass is 10.0. The number of thioether (sulfide) groups is 1. The average molecular weight is 334 g/mol. The number of amides is 1. The van der Waals surface area contributed by atoms with Crippen LogP contribution in [0.15, 0.2) is 40.1 Å². The van der Waals surface area contributed by atoms with Gasteiger partial charge in [0.2, 0.25) is 5.91 Å². The van der Waals surface area contributed by atoms with Crippen LogP contribution in [0.4, 0.5) is 0 Å². The lowest BCUT2D eigenvalue weighted by Gasteiger charge is -2.15. The van der Waals surface area contributed by atoms with Gasteiger partial charge in [0.05, 0.1) is 11.8 Å². The Morgan fingerprint density at radius 2 is 2.05 bits per heavy atom. The van der Waals surface area contributed by atoms with Crippen molar-refractivity contribution in [2.75, 3.05) is 5.75 Å². The summed E-state index contributed by atoms with van der Waals surface area (Å²) in [6, 6.07) is 9.21. The van der Waals surface area contributed by atoms with E-state index in [4.69, 9.17) is 0 Å². The predicted molar refractivity (Wildman–Crippen MR) is 90.3 cm³/mol. The van der Waals surface area contributed by atoms with E-state index in [1.165, 1.54) is 30.0 Å². The summed E-state index contributed by atoms with van der Waals surface area (Å²) >= 11 is 2.92. The molecule has 2 rings (SSSR count). The number of nitrogens with one attached hydrogen (secondary N) is 1. The first-order valence-corrected chi connectivity index (χ1v) is 8.80. The topological polar surface area (TPSA) is 59.1 Å². The van der Waals surface area contributed by atoms with Gasteiger partial charge in [-0.15, -0.1) is 11.3 Å². The number of thiazole rings is 1. The number of hydrogen-bond donors (Lipinski definition) is 1. The van der Waals surface area contributed by atoms with Gasteiger partial charge < -0.3 is 5.32 Å². The summed E-state index contributed by atoms with van der Waals surface area (Å²) in [5.41, 5.74) is 1.99. The summed E-state index contributed by atoms with van der Waals surface area (Å²) in [6.45, 7) is 3.43. The Morgan fingerprint density at radius 1 is 1.32 bits per heavy atom.